The van der Waals surface area contributed by atoms with Gasteiger partial charge >= 0.3 is 0 Å². The Bertz CT molecular complexity index is 486. The van der Waals surface area contributed by atoms with Crippen molar-refractivity contribution >= 4 is 53.1 Å². The van der Waals surface area contributed by atoms with Crippen molar-refractivity contribution in [1.82, 2.24) is 10.6 Å². The van der Waals surface area contributed by atoms with Gasteiger partial charge in [0.1, 0.15) is 0 Å². The van der Waals surface area contributed by atoms with Crippen molar-refractivity contribution in [3.8, 4) is 0 Å². The van der Waals surface area contributed by atoms with Gasteiger partial charge in [-0.2, -0.15) is 0 Å². The van der Waals surface area contributed by atoms with E-state index in [1.54, 1.807) is 6.07 Å². The van der Waals surface area contributed by atoms with Crippen LogP contribution in [0.1, 0.15) is 32.4 Å². The number of nitrogens with zero attached hydrogens (tertiary/aromatic N) is 1. The zero-order valence-corrected chi connectivity index (χ0v) is 16.9. The number of halogens is 3. The number of aliphatic imine (C=N–C) groups is 1. The molecular weight excluding hydrogens is 436 g/mol. The average Bonchev–Trinajstić information content (AvgIpc) is 2.44. The van der Waals surface area contributed by atoms with Gasteiger partial charge < -0.3 is 15.7 Å². The van der Waals surface area contributed by atoms with Crippen LogP contribution in [0.3, 0.4) is 0 Å². The second-order valence-corrected chi connectivity index (χ2v) is 5.88. The molecule has 2 atom stereocenters. The molecule has 0 fully saturated rings. The topological polar surface area (TPSA) is 56.7 Å². The lowest BCUT2D eigenvalue weighted by Gasteiger charge is -2.19. The number of aliphatic hydroxyl groups is 1. The second-order valence-electron chi connectivity index (χ2n) is 5.04. The summed E-state index contributed by atoms with van der Waals surface area (Å²) in [5.41, 5.74) is 0.960. The molecule has 0 spiro atoms. The molecule has 22 heavy (non-hydrogen) atoms. The first-order chi connectivity index (χ1) is 9.97. The van der Waals surface area contributed by atoms with Crippen molar-refractivity contribution in [2.45, 2.75) is 26.8 Å². The van der Waals surface area contributed by atoms with Crippen LogP contribution in [-0.2, 0) is 0 Å². The predicted octanol–water partition coefficient (Wildman–Crippen LogP) is 3.86. The van der Waals surface area contributed by atoms with Crippen LogP contribution in [0.15, 0.2) is 23.2 Å². The number of guanidine groups is 1. The number of nitrogens with one attached hydrogen (secondary N) is 2. The Kier molecular flexibility index (Phi) is 11.2. The fourth-order valence-corrected chi connectivity index (χ4v) is 2.33. The van der Waals surface area contributed by atoms with E-state index < -0.39 is 0 Å². The van der Waals surface area contributed by atoms with Gasteiger partial charge in [-0.05, 0) is 37.5 Å². The third kappa shape index (κ3) is 7.35. The molecule has 3 N–H and O–H groups in total. The summed E-state index contributed by atoms with van der Waals surface area (Å²) in [6.45, 7) is 7.42. The zero-order chi connectivity index (χ0) is 15.8. The molecule has 7 heteroatoms. The Hall–Kier alpha value is -0.240. The fraction of sp³-hybridized carbons (Fsp3) is 0.533. The van der Waals surface area contributed by atoms with E-state index >= 15 is 0 Å². The molecule has 0 saturated heterocycles. The molecule has 1 aromatic carbocycles. The molecule has 0 bridgehead atoms. The van der Waals surface area contributed by atoms with E-state index in [0.29, 0.717) is 22.5 Å². The maximum Gasteiger partial charge on any atom is 0.191 e. The van der Waals surface area contributed by atoms with Gasteiger partial charge in [0.05, 0.1) is 6.04 Å². The molecule has 0 amide bonds. The third-order valence-electron chi connectivity index (χ3n) is 3.00. The number of hydrogen-bond donors (Lipinski definition) is 3. The lowest BCUT2D eigenvalue weighted by Crippen LogP contribution is -2.39. The monoisotopic (exact) mass is 459 g/mol. The molecule has 0 heterocycles. The van der Waals surface area contributed by atoms with Gasteiger partial charge in [0.25, 0.3) is 0 Å². The average molecular weight is 460 g/mol. The first-order valence-electron chi connectivity index (χ1n) is 7.08. The Balaban J connectivity index is 0.00000441. The number of aliphatic hydroxyl groups excluding tert-OH is 1. The quantitative estimate of drug-likeness (QED) is 0.344. The van der Waals surface area contributed by atoms with Crippen molar-refractivity contribution in [3.63, 3.8) is 0 Å². The Morgan fingerprint density at radius 3 is 2.55 bits per heavy atom. The zero-order valence-electron chi connectivity index (χ0n) is 13.1. The van der Waals surface area contributed by atoms with Crippen molar-refractivity contribution in [1.29, 1.82) is 0 Å². The van der Waals surface area contributed by atoms with E-state index in [-0.39, 0.29) is 42.5 Å². The SMILES string of the molecule is CCNC(=NCC(C)CO)NC(C)c1ccc(Cl)cc1Cl.I. The minimum atomic E-state index is -0.00278. The minimum absolute atomic E-state index is 0. The highest BCUT2D eigenvalue weighted by Crippen LogP contribution is 2.25. The molecule has 0 aliphatic carbocycles. The Morgan fingerprint density at radius 1 is 1.32 bits per heavy atom. The molecule has 0 aliphatic rings. The highest BCUT2D eigenvalue weighted by Gasteiger charge is 2.12. The lowest BCUT2D eigenvalue weighted by molar-refractivity contribution is 0.241. The van der Waals surface area contributed by atoms with Crippen LogP contribution in [0.25, 0.3) is 0 Å². The number of rotatable bonds is 6. The Morgan fingerprint density at radius 2 is 2.00 bits per heavy atom. The molecular formula is C15H24Cl2IN3O. The molecule has 0 saturated carbocycles. The van der Waals surface area contributed by atoms with Gasteiger partial charge in [-0.25, -0.2) is 0 Å². The third-order valence-corrected chi connectivity index (χ3v) is 3.56. The van der Waals surface area contributed by atoms with Crippen molar-refractivity contribution in [3.05, 3.63) is 33.8 Å². The van der Waals surface area contributed by atoms with Crippen LogP contribution in [0.5, 0.6) is 0 Å². The summed E-state index contributed by atoms with van der Waals surface area (Å²) in [7, 11) is 0. The summed E-state index contributed by atoms with van der Waals surface area (Å²) in [5.74, 6) is 0.839. The normalized spacial score (nSPS) is 14.0. The van der Waals surface area contributed by atoms with E-state index in [1.807, 2.05) is 32.9 Å². The summed E-state index contributed by atoms with van der Waals surface area (Å²) in [6, 6.07) is 5.45. The maximum absolute atomic E-state index is 9.06. The molecule has 4 nitrogen and oxygen atoms in total. The van der Waals surface area contributed by atoms with Gasteiger partial charge in [-0.1, -0.05) is 36.2 Å². The summed E-state index contributed by atoms with van der Waals surface area (Å²) >= 11 is 12.1. The number of benzene rings is 1. The number of hydrogen-bond acceptors (Lipinski definition) is 2. The van der Waals surface area contributed by atoms with E-state index in [4.69, 9.17) is 28.3 Å². The van der Waals surface area contributed by atoms with Crippen molar-refractivity contribution in [2.24, 2.45) is 10.9 Å². The first kappa shape index (κ1) is 21.8. The van der Waals surface area contributed by atoms with E-state index in [1.165, 1.54) is 0 Å². The second kappa shape index (κ2) is 11.3. The fourth-order valence-electron chi connectivity index (χ4n) is 1.76. The van der Waals surface area contributed by atoms with E-state index in [2.05, 4.69) is 15.6 Å². The summed E-state index contributed by atoms with van der Waals surface area (Å²) in [4.78, 5) is 4.46. The highest BCUT2D eigenvalue weighted by atomic mass is 127. The molecule has 1 rings (SSSR count). The van der Waals surface area contributed by atoms with Gasteiger partial charge in [-0.15, -0.1) is 24.0 Å². The van der Waals surface area contributed by atoms with Crippen LogP contribution in [0.4, 0.5) is 0 Å². The largest absolute Gasteiger partial charge is 0.396 e. The maximum atomic E-state index is 9.06. The lowest BCUT2D eigenvalue weighted by atomic mass is 10.1. The van der Waals surface area contributed by atoms with Gasteiger partial charge in [-0.3, -0.25) is 4.99 Å². The summed E-state index contributed by atoms with van der Waals surface area (Å²) in [6.07, 6.45) is 0. The van der Waals surface area contributed by atoms with E-state index in [9.17, 15) is 0 Å². The van der Waals surface area contributed by atoms with Crippen LogP contribution in [0, 0.1) is 5.92 Å². The Labute approximate surface area is 159 Å². The molecule has 0 radical (unpaired) electrons. The molecule has 1 aromatic rings. The predicted molar refractivity (Wildman–Crippen MR) is 106 cm³/mol. The van der Waals surface area contributed by atoms with Gasteiger partial charge in [0, 0.05) is 29.7 Å². The molecule has 2 unspecified atom stereocenters. The first-order valence-corrected chi connectivity index (χ1v) is 7.84. The van der Waals surface area contributed by atoms with Gasteiger partial charge in [0.2, 0.25) is 0 Å². The summed E-state index contributed by atoms with van der Waals surface area (Å²) in [5, 5.41) is 16.8. The van der Waals surface area contributed by atoms with Crippen LogP contribution < -0.4 is 10.6 Å². The smallest absolute Gasteiger partial charge is 0.191 e. The van der Waals surface area contributed by atoms with Crippen LogP contribution in [0.2, 0.25) is 10.0 Å². The minimum Gasteiger partial charge on any atom is -0.396 e. The summed E-state index contributed by atoms with van der Waals surface area (Å²) < 4.78 is 0. The van der Waals surface area contributed by atoms with E-state index in [0.717, 1.165) is 12.1 Å². The van der Waals surface area contributed by atoms with Gasteiger partial charge in [0.15, 0.2) is 5.96 Å². The molecule has 0 aliphatic heterocycles. The molecule has 0 aromatic heterocycles. The van der Waals surface area contributed by atoms with Crippen LogP contribution in [-0.4, -0.2) is 30.8 Å². The standard InChI is InChI=1S/C15H23Cl2N3O.HI/c1-4-18-15(19-8-10(2)9-21)20-11(3)13-6-5-12(16)7-14(13)17;/h5-7,10-11,21H,4,8-9H2,1-3H3,(H2,18,19,20);1H. The van der Waals surface area contributed by atoms with Crippen LogP contribution >= 0.6 is 47.2 Å². The highest BCUT2D eigenvalue weighted by molar-refractivity contribution is 14.0. The van der Waals surface area contributed by atoms with Crippen molar-refractivity contribution in [2.75, 3.05) is 19.7 Å². The molecule has 126 valence electrons. The van der Waals surface area contributed by atoms with Crippen molar-refractivity contribution < 1.29 is 5.11 Å².